The summed E-state index contributed by atoms with van der Waals surface area (Å²) in [6, 6.07) is -0.363. The first-order chi connectivity index (χ1) is 9.44. The highest BCUT2D eigenvalue weighted by Crippen LogP contribution is 2.24. The van der Waals surface area contributed by atoms with Crippen molar-refractivity contribution >= 4 is 12.0 Å². The average molecular weight is 286 g/mol. The van der Waals surface area contributed by atoms with Crippen molar-refractivity contribution in [3.8, 4) is 0 Å². The number of aliphatic hydroxyl groups is 1. The lowest BCUT2D eigenvalue weighted by atomic mass is 9.90. The van der Waals surface area contributed by atoms with Gasteiger partial charge in [0.15, 0.2) is 0 Å². The summed E-state index contributed by atoms with van der Waals surface area (Å²) < 4.78 is 5.17. The molecule has 2 amide bonds. The Morgan fingerprint density at radius 3 is 2.55 bits per heavy atom. The van der Waals surface area contributed by atoms with Crippen molar-refractivity contribution in [3.63, 3.8) is 0 Å². The van der Waals surface area contributed by atoms with Crippen LogP contribution in [0.1, 0.15) is 26.2 Å². The van der Waals surface area contributed by atoms with E-state index < -0.39 is 17.6 Å². The van der Waals surface area contributed by atoms with E-state index in [4.69, 9.17) is 4.74 Å². The molecule has 0 saturated carbocycles. The molecule has 7 nitrogen and oxygen atoms in total. The number of rotatable bonds is 3. The molecule has 0 bridgehead atoms. The third-order valence-electron chi connectivity index (χ3n) is 4.30. The van der Waals surface area contributed by atoms with Crippen LogP contribution in [0.2, 0.25) is 0 Å². The van der Waals surface area contributed by atoms with E-state index in [1.165, 1.54) is 0 Å². The molecular weight excluding hydrogens is 264 g/mol. The number of likely N-dealkylation sites (tertiary alicyclic amines) is 1. The Morgan fingerprint density at radius 1 is 1.40 bits per heavy atom. The molecule has 2 atom stereocenters. The van der Waals surface area contributed by atoms with Gasteiger partial charge in [-0.2, -0.15) is 0 Å². The Balaban J connectivity index is 1.97. The number of urea groups is 1. The molecule has 7 heteroatoms. The van der Waals surface area contributed by atoms with Gasteiger partial charge in [0.2, 0.25) is 0 Å². The van der Waals surface area contributed by atoms with Crippen molar-refractivity contribution in [3.05, 3.63) is 0 Å². The first-order valence-electron chi connectivity index (χ1n) is 7.01. The summed E-state index contributed by atoms with van der Waals surface area (Å²) in [7, 11) is 0. The molecule has 2 heterocycles. The molecular formula is C13H22N2O5. The van der Waals surface area contributed by atoms with E-state index in [-0.39, 0.29) is 24.8 Å². The summed E-state index contributed by atoms with van der Waals surface area (Å²) >= 11 is 0. The van der Waals surface area contributed by atoms with Crippen molar-refractivity contribution in [2.24, 2.45) is 5.92 Å². The zero-order chi connectivity index (χ0) is 14.8. The van der Waals surface area contributed by atoms with Gasteiger partial charge in [0.1, 0.15) is 5.54 Å². The highest BCUT2D eigenvalue weighted by atomic mass is 16.5. The number of aliphatic carboxylic acids is 1. The molecule has 2 aliphatic rings. The number of nitrogens with one attached hydrogen (secondary N) is 1. The molecule has 0 aromatic carbocycles. The molecule has 2 fully saturated rings. The largest absolute Gasteiger partial charge is 0.480 e. The van der Waals surface area contributed by atoms with Gasteiger partial charge in [-0.3, -0.25) is 0 Å². The number of carboxylic acids is 1. The SMILES string of the molecule is CC(O)C1CCN(C(=O)NC2(C(=O)O)CCOCC2)C1. The van der Waals surface area contributed by atoms with E-state index in [0.29, 0.717) is 26.3 Å². The van der Waals surface area contributed by atoms with E-state index in [2.05, 4.69) is 5.32 Å². The normalized spacial score (nSPS) is 27.1. The third-order valence-corrected chi connectivity index (χ3v) is 4.30. The average Bonchev–Trinajstić information content (AvgIpc) is 2.89. The standard InChI is InChI=1S/C13H22N2O5/c1-9(16)10-2-5-15(8-10)12(19)14-13(11(17)18)3-6-20-7-4-13/h9-10,16H,2-8H2,1H3,(H,14,19)(H,17,18). The Labute approximate surface area is 117 Å². The minimum atomic E-state index is -1.22. The monoisotopic (exact) mass is 286 g/mol. The van der Waals surface area contributed by atoms with Crippen LogP contribution in [0.3, 0.4) is 0 Å². The van der Waals surface area contributed by atoms with Crippen LogP contribution in [0.15, 0.2) is 0 Å². The molecule has 2 rings (SSSR count). The van der Waals surface area contributed by atoms with Gasteiger partial charge in [0.05, 0.1) is 6.10 Å². The van der Waals surface area contributed by atoms with Gasteiger partial charge in [-0.25, -0.2) is 9.59 Å². The minimum Gasteiger partial charge on any atom is -0.480 e. The van der Waals surface area contributed by atoms with Crippen molar-refractivity contribution in [1.82, 2.24) is 10.2 Å². The topological polar surface area (TPSA) is 99.1 Å². The van der Waals surface area contributed by atoms with E-state index in [1.807, 2.05) is 0 Å². The number of nitrogens with zero attached hydrogens (tertiary/aromatic N) is 1. The van der Waals surface area contributed by atoms with Gasteiger partial charge in [-0.05, 0) is 13.3 Å². The Bertz CT molecular complexity index is 379. The number of hydrogen-bond donors (Lipinski definition) is 3. The third kappa shape index (κ3) is 3.04. The van der Waals surface area contributed by atoms with Crippen LogP contribution in [-0.2, 0) is 9.53 Å². The maximum absolute atomic E-state index is 12.2. The number of carbonyl (C=O) groups is 2. The van der Waals surface area contributed by atoms with Crippen molar-refractivity contribution in [2.75, 3.05) is 26.3 Å². The number of carbonyl (C=O) groups excluding carboxylic acids is 1. The maximum atomic E-state index is 12.2. The highest BCUT2D eigenvalue weighted by Gasteiger charge is 2.43. The van der Waals surface area contributed by atoms with Crippen LogP contribution in [0.25, 0.3) is 0 Å². The van der Waals surface area contributed by atoms with E-state index in [0.717, 1.165) is 6.42 Å². The molecule has 20 heavy (non-hydrogen) atoms. The zero-order valence-corrected chi connectivity index (χ0v) is 11.7. The predicted octanol–water partition coefficient (Wildman–Crippen LogP) is 0.0325. The van der Waals surface area contributed by atoms with Crippen LogP contribution in [0, 0.1) is 5.92 Å². The van der Waals surface area contributed by atoms with Crippen LogP contribution in [0.4, 0.5) is 4.79 Å². The fraction of sp³-hybridized carbons (Fsp3) is 0.846. The summed E-state index contributed by atoms with van der Waals surface area (Å²) in [6.45, 7) is 3.40. The molecule has 114 valence electrons. The van der Waals surface area contributed by atoms with Gasteiger partial charge < -0.3 is 25.2 Å². The lowest BCUT2D eigenvalue weighted by Crippen LogP contribution is -2.60. The quantitative estimate of drug-likeness (QED) is 0.680. The lowest BCUT2D eigenvalue weighted by Gasteiger charge is -2.35. The van der Waals surface area contributed by atoms with Crippen molar-refractivity contribution < 1.29 is 24.5 Å². The van der Waals surface area contributed by atoms with Crippen LogP contribution >= 0.6 is 0 Å². The van der Waals surface area contributed by atoms with Crippen molar-refractivity contribution in [2.45, 2.75) is 37.8 Å². The van der Waals surface area contributed by atoms with Crippen LogP contribution in [0.5, 0.6) is 0 Å². The molecule has 3 N–H and O–H groups in total. The smallest absolute Gasteiger partial charge is 0.329 e. The predicted molar refractivity (Wildman–Crippen MR) is 70.3 cm³/mol. The van der Waals surface area contributed by atoms with Crippen molar-refractivity contribution in [1.29, 1.82) is 0 Å². The zero-order valence-electron chi connectivity index (χ0n) is 11.7. The molecule has 0 aromatic rings. The summed E-state index contributed by atoms with van der Waals surface area (Å²) in [5.74, 6) is -0.948. The fourth-order valence-corrected chi connectivity index (χ4v) is 2.76. The molecule has 2 unspecified atom stereocenters. The van der Waals surface area contributed by atoms with Gasteiger partial charge in [0, 0.05) is 45.1 Å². The maximum Gasteiger partial charge on any atom is 0.329 e. The molecule has 0 aromatic heterocycles. The minimum absolute atomic E-state index is 0.0659. The summed E-state index contributed by atoms with van der Waals surface area (Å²) in [5, 5.41) is 21.6. The summed E-state index contributed by atoms with van der Waals surface area (Å²) in [5.41, 5.74) is -1.22. The first-order valence-corrected chi connectivity index (χ1v) is 7.01. The van der Waals surface area contributed by atoms with E-state index >= 15 is 0 Å². The second-order valence-electron chi connectivity index (χ2n) is 5.67. The Hall–Kier alpha value is -1.34. The van der Waals surface area contributed by atoms with E-state index in [9.17, 15) is 19.8 Å². The summed E-state index contributed by atoms with van der Waals surface area (Å²) in [4.78, 5) is 25.3. The molecule has 0 spiro atoms. The number of hydrogen-bond acceptors (Lipinski definition) is 4. The number of ether oxygens (including phenoxy) is 1. The molecule has 0 radical (unpaired) electrons. The molecule has 2 saturated heterocycles. The second kappa shape index (κ2) is 5.97. The lowest BCUT2D eigenvalue weighted by molar-refractivity contribution is -0.148. The number of amides is 2. The van der Waals surface area contributed by atoms with Gasteiger partial charge in [-0.1, -0.05) is 0 Å². The van der Waals surface area contributed by atoms with Crippen LogP contribution in [-0.4, -0.2) is 65.1 Å². The highest BCUT2D eigenvalue weighted by molar-refractivity contribution is 5.86. The second-order valence-corrected chi connectivity index (χ2v) is 5.67. The molecule has 0 aliphatic carbocycles. The summed E-state index contributed by atoms with van der Waals surface area (Å²) in [6.07, 6.45) is 0.849. The van der Waals surface area contributed by atoms with Gasteiger partial charge in [-0.15, -0.1) is 0 Å². The molecule has 2 aliphatic heterocycles. The number of carboxylic acid groups (broad SMARTS) is 1. The fourth-order valence-electron chi connectivity index (χ4n) is 2.76. The van der Waals surface area contributed by atoms with Gasteiger partial charge in [0.25, 0.3) is 0 Å². The first kappa shape index (κ1) is 15.1. The van der Waals surface area contributed by atoms with Gasteiger partial charge >= 0.3 is 12.0 Å². The van der Waals surface area contributed by atoms with Crippen LogP contribution < -0.4 is 5.32 Å². The van der Waals surface area contributed by atoms with E-state index in [1.54, 1.807) is 11.8 Å². The Morgan fingerprint density at radius 2 is 2.05 bits per heavy atom. The number of aliphatic hydroxyl groups excluding tert-OH is 1. The Kier molecular flexibility index (Phi) is 4.49.